The zero-order chi connectivity index (χ0) is 10.9. The average Bonchev–Trinajstić information content (AvgIpc) is 2.09. The number of unbranched alkanes of at least 4 members (excludes halogenated alkanes) is 4. The minimum absolute atomic E-state index is 0.125. The van der Waals surface area contributed by atoms with Gasteiger partial charge in [-0.15, -0.1) is 0 Å². The summed E-state index contributed by atoms with van der Waals surface area (Å²) in [6.45, 7) is 11.7. The summed E-state index contributed by atoms with van der Waals surface area (Å²) >= 11 is 6.50. The summed E-state index contributed by atoms with van der Waals surface area (Å²) in [5.41, 5.74) is 0. The van der Waals surface area contributed by atoms with Gasteiger partial charge in [-0.3, -0.25) is 0 Å². The molecule has 0 nitrogen and oxygen atoms in total. The van der Waals surface area contributed by atoms with E-state index in [1.54, 1.807) is 0 Å². The molecule has 0 aromatic heterocycles. The number of halogens is 2. The van der Waals surface area contributed by atoms with Crippen LogP contribution in [0.5, 0.6) is 0 Å². The maximum absolute atomic E-state index is 3.68. The van der Waals surface area contributed by atoms with E-state index in [1.165, 1.54) is 25.7 Å². The topological polar surface area (TPSA) is 0 Å². The fourth-order valence-electron chi connectivity index (χ4n) is 0.500. The van der Waals surface area contributed by atoms with Crippen molar-refractivity contribution in [1.82, 2.24) is 0 Å². The minimum atomic E-state index is 0.125. The quantitative estimate of drug-likeness (QED) is 0.450. The molecule has 0 saturated carbocycles. The van der Waals surface area contributed by atoms with Gasteiger partial charge in [0.2, 0.25) is 0 Å². The van der Waals surface area contributed by atoms with Crippen molar-refractivity contribution >= 4 is 26.3 Å². The van der Waals surface area contributed by atoms with Crippen molar-refractivity contribution in [3.8, 4) is 0 Å². The van der Waals surface area contributed by atoms with Gasteiger partial charge in [-0.2, -0.15) is 12.8 Å². The molecule has 0 N–H and O–H groups in total. The molecule has 0 aliphatic rings. The van der Waals surface area contributed by atoms with Crippen LogP contribution in [0, 0.1) is 13.8 Å². The van der Waals surface area contributed by atoms with Crippen LogP contribution in [0.2, 0.25) is 0 Å². The molecule has 0 aromatic carbocycles. The number of hydrogen-bond donors (Lipinski definition) is 0. The molecule has 0 radical (unpaired) electrons. The van der Waals surface area contributed by atoms with Crippen LogP contribution in [0.25, 0.3) is 0 Å². The molecule has 0 aliphatic heterocycles. The second kappa shape index (κ2) is 29.2. The Morgan fingerprint density at radius 3 is 1.15 bits per heavy atom. The Labute approximate surface area is 107 Å². The maximum atomic E-state index is 3.68. The van der Waals surface area contributed by atoms with Crippen LogP contribution in [-0.2, 0) is 15.0 Å². The van der Waals surface area contributed by atoms with Crippen molar-refractivity contribution in [2.24, 2.45) is 0 Å². The second-order valence-electron chi connectivity index (χ2n) is 2.49. The number of hydrogen-bond acceptors (Lipinski definition) is 0. The predicted octanol–water partition coefficient (Wildman–Crippen LogP) is 5.71. The predicted molar refractivity (Wildman–Crippen MR) is 67.6 cm³/mol. The van der Waals surface area contributed by atoms with Crippen LogP contribution in [0.15, 0.2) is 0 Å². The van der Waals surface area contributed by atoms with Crippen LogP contribution in [0.1, 0.15) is 52.4 Å². The van der Waals surface area contributed by atoms with Crippen LogP contribution >= 0.6 is 26.3 Å². The van der Waals surface area contributed by atoms with E-state index in [9.17, 15) is 0 Å². The first-order chi connectivity index (χ1) is 6.24. The Morgan fingerprint density at radius 1 is 0.923 bits per heavy atom. The summed E-state index contributed by atoms with van der Waals surface area (Å²) < 4.78 is 0. The van der Waals surface area contributed by atoms with Gasteiger partial charge in [0.1, 0.15) is 0 Å². The summed E-state index contributed by atoms with van der Waals surface area (Å²) in [6.07, 6.45) is 7.31. The van der Waals surface area contributed by atoms with Crippen molar-refractivity contribution in [3.05, 3.63) is 13.8 Å². The average molecular weight is 350 g/mol. The van der Waals surface area contributed by atoms with Crippen LogP contribution < -0.4 is 0 Å². The Morgan fingerprint density at radius 2 is 1.15 bits per heavy atom. The third-order valence-electron chi connectivity index (χ3n) is 1.21. The Hall–Kier alpha value is 1.67. The van der Waals surface area contributed by atoms with Gasteiger partial charge in [0.15, 0.2) is 0 Å². The molecule has 0 aliphatic carbocycles. The first kappa shape index (κ1) is 20.1. The van der Waals surface area contributed by atoms with E-state index in [4.69, 9.17) is 0 Å². The van der Waals surface area contributed by atoms with Crippen LogP contribution in [0.4, 0.5) is 0 Å². The molecule has 0 aromatic rings. The van der Waals surface area contributed by atoms with Gasteiger partial charge in [-0.1, -0.05) is 39.5 Å². The van der Waals surface area contributed by atoms with Crippen molar-refractivity contribution < 1.29 is 15.0 Å². The largest absolute Gasteiger partial charge is 0.343 e. The molecule has 82 valence electrons. The van der Waals surface area contributed by atoms with E-state index >= 15 is 0 Å². The fraction of sp³-hybridized carbons (Fsp3) is 0.800. The molecule has 0 unspecified atom stereocenters. The summed E-state index contributed by atoms with van der Waals surface area (Å²) in [5, 5.41) is 0. The fourth-order valence-corrected chi connectivity index (χ4v) is 0.500. The molecular weight excluding hydrogens is 328 g/mol. The smallest absolute Gasteiger partial charge is 0.0586 e. The third kappa shape index (κ3) is 57.9. The minimum Gasteiger partial charge on any atom is -0.343 e. The molecule has 0 spiro atoms. The molecule has 0 rings (SSSR count). The van der Waals surface area contributed by atoms with Gasteiger partial charge < -0.3 is 13.8 Å². The molecule has 13 heavy (non-hydrogen) atoms. The van der Waals surface area contributed by atoms with E-state index in [-0.39, 0.29) is 15.0 Å². The van der Waals surface area contributed by atoms with Gasteiger partial charge in [0, 0.05) is 0 Å². The first-order valence-electron chi connectivity index (χ1n) is 4.79. The molecule has 0 atom stereocenters. The monoisotopic (exact) mass is 348 g/mol. The summed E-state index contributed by atoms with van der Waals surface area (Å²) in [7, 11) is 0. The van der Waals surface area contributed by atoms with Gasteiger partial charge in [-0.05, 0) is 0 Å². The Bertz CT molecular complexity index is 42.2. The van der Waals surface area contributed by atoms with E-state index in [0.29, 0.717) is 0 Å². The second-order valence-corrected chi connectivity index (χ2v) is 10.4. The summed E-state index contributed by atoms with van der Waals surface area (Å²) in [5.74, 6) is 0. The van der Waals surface area contributed by atoms with Crippen molar-refractivity contribution in [2.75, 3.05) is 0 Å². The normalized spacial score (nSPS) is 7.54. The van der Waals surface area contributed by atoms with Crippen molar-refractivity contribution in [2.45, 2.75) is 52.4 Å². The Balaban J connectivity index is -0.000000120. The van der Waals surface area contributed by atoms with Crippen LogP contribution in [0.3, 0.4) is 0 Å². The zero-order valence-electron chi connectivity index (χ0n) is 8.91. The first-order valence-corrected chi connectivity index (χ1v) is 12.5. The van der Waals surface area contributed by atoms with Crippen molar-refractivity contribution in [3.63, 3.8) is 0 Å². The Kier molecular flexibility index (Phi) is 45.2. The molecule has 0 heterocycles. The van der Waals surface area contributed by atoms with E-state index < -0.39 is 0 Å². The van der Waals surface area contributed by atoms with E-state index in [2.05, 4.69) is 54.0 Å². The molecule has 0 fully saturated rings. The summed E-state index contributed by atoms with van der Waals surface area (Å²) in [4.78, 5) is 0. The molecule has 0 bridgehead atoms. The van der Waals surface area contributed by atoms with Crippen molar-refractivity contribution in [1.29, 1.82) is 0 Å². The van der Waals surface area contributed by atoms with Gasteiger partial charge in [-0.25, -0.2) is 0 Å². The maximum Gasteiger partial charge on any atom is -0.0586 e. The molecular formula is C10H22Br2Ti-2. The SMILES string of the molecule is [Br][Ti][Br].[CH2-]CCCC.[CH2-]CCCC. The molecule has 3 heteroatoms. The molecule has 0 amide bonds. The summed E-state index contributed by atoms with van der Waals surface area (Å²) in [6, 6.07) is 0. The van der Waals surface area contributed by atoms with E-state index in [0.717, 1.165) is 12.8 Å². The molecule has 0 saturated heterocycles. The number of rotatable bonds is 4. The van der Waals surface area contributed by atoms with Gasteiger partial charge in [0.25, 0.3) is 0 Å². The van der Waals surface area contributed by atoms with E-state index in [1.807, 2.05) is 0 Å². The standard InChI is InChI=1S/2C5H11.2BrH.Ti/c2*1-3-5-4-2;;;/h2*1,3-5H2,2H3;2*1H;/q2*-1;;;+2/p-2. The van der Waals surface area contributed by atoms with Gasteiger partial charge in [0.05, 0.1) is 0 Å². The zero-order valence-corrected chi connectivity index (χ0v) is 13.6. The van der Waals surface area contributed by atoms with Crippen LogP contribution in [-0.4, -0.2) is 0 Å². The van der Waals surface area contributed by atoms with Gasteiger partial charge >= 0.3 is 41.3 Å². The third-order valence-corrected chi connectivity index (χ3v) is 1.21.